The second-order valence-corrected chi connectivity index (χ2v) is 5.62. The van der Waals surface area contributed by atoms with Gasteiger partial charge in [-0.05, 0) is 51.9 Å². The Morgan fingerprint density at radius 3 is 2.88 bits per heavy atom. The van der Waals surface area contributed by atoms with Crippen molar-refractivity contribution < 1.29 is 0 Å². The van der Waals surface area contributed by atoms with Gasteiger partial charge in [0.2, 0.25) is 0 Å². The summed E-state index contributed by atoms with van der Waals surface area (Å²) in [5.41, 5.74) is 4.43. The molecule has 1 aromatic carbocycles. The first-order valence-corrected chi connectivity index (χ1v) is 6.56. The van der Waals surface area contributed by atoms with Crippen LogP contribution in [0.1, 0.15) is 36.1 Å². The van der Waals surface area contributed by atoms with Crippen molar-refractivity contribution in [2.24, 2.45) is 0 Å². The summed E-state index contributed by atoms with van der Waals surface area (Å²) in [6.07, 6.45) is 2.47. The zero-order valence-electron chi connectivity index (χ0n) is 11.5. The van der Waals surface area contributed by atoms with Gasteiger partial charge in [-0.2, -0.15) is 0 Å². The lowest BCUT2D eigenvalue weighted by molar-refractivity contribution is 0.328. The number of fused-ring (bicyclic) bond motifs is 1. The van der Waals surface area contributed by atoms with Crippen molar-refractivity contribution in [3.63, 3.8) is 0 Å². The Hall–Kier alpha value is -0.860. The molecule has 94 valence electrons. The Labute approximate surface area is 105 Å². The first-order valence-electron chi connectivity index (χ1n) is 6.56. The molecule has 0 aliphatic heterocycles. The quantitative estimate of drug-likeness (QED) is 0.858. The highest BCUT2D eigenvalue weighted by molar-refractivity contribution is 5.37. The molecule has 0 aromatic heterocycles. The Morgan fingerprint density at radius 2 is 2.18 bits per heavy atom. The first kappa shape index (κ1) is 12.6. The van der Waals surface area contributed by atoms with Gasteiger partial charge in [0.25, 0.3) is 0 Å². The van der Waals surface area contributed by atoms with Gasteiger partial charge >= 0.3 is 0 Å². The molecule has 2 heteroatoms. The minimum atomic E-state index is 0.543. The summed E-state index contributed by atoms with van der Waals surface area (Å²) in [7, 11) is 4.26. The van der Waals surface area contributed by atoms with Crippen LogP contribution in [0, 0.1) is 6.92 Å². The molecule has 2 nitrogen and oxygen atoms in total. The van der Waals surface area contributed by atoms with Crippen molar-refractivity contribution in [1.82, 2.24) is 10.2 Å². The maximum absolute atomic E-state index is 3.75. The number of likely N-dealkylation sites (N-methyl/N-ethyl adjacent to an activating group) is 1. The van der Waals surface area contributed by atoms with E-state index in [0.29, 0.717) is 12.1 Å². The smallest absolute Gasteiger partial charge is 0.0329 e. The van der Waals surface area contributed by atoms with E-state index in [0.717, 1.165) is 6.54 Å². The molecule has 1 aromatic rings. The largest absolute Gasteiger partial charge is 0.308 e. The maximum Gasteiger partial charge on any atom is 0.0329 e. The molecule has 1 aliphatic rings. The van der Waals surface area contributed by atoms with Crippen LogP contribution in [-0.4, -0.2) is 31.6 Å². The summed E-state index contributed by atoms with van der Waals surface area (Å²) in [5.74, 6) is 0. The molecule has 17 heavy (non-hydrogen) atoms. The Kier molecular flexibility index (Phi) is 3.85. The highest BCUT2D eigenvalue weighted by Gasteiger charge is 2.23. The molecule has 0 spiro atoms. The summed E-state index contributed by atoms with van der Waals surface area (Å²) in [4.78, 5) is 2.24. The van der Waals surface area contributed by atoms with Crippen LogP contribution in [0.5, 0.6) is 0 Å². The summed E-state index contributed by atoms with van der Waals surface area (Å²) in [6, 6.07) is 7.97. The van der Waals surface area contributed by atoms with Gasteiger partial charge in [-0.1, -0.05) is 23.8 Å². The Morgan fingerprint density at radius 1 is 1.41 bits per heavy atom. The topological polar surface area (TPSA) is 15.3 Å². The molecule has 2 rings (SSSR count). The molecular weight excluding hydrogens is 208 g/mol. The second kappa shape index (κ2) is 5.19. The number of rotatable bonds is 4. The fourth-order valence-corrected chi connectivity index (χ4v) is 2.84. The maximum atomic E-state index is 3.75. The summed E-state index contributed by atoms with van der Waals surface area (Å²) in [6.45, 7) is 5.55. The van der Waals surface area contributed by atoms with Crippen LogP contribution >= 0.6 is 0 Å². The molecule has 1 aliphatic carbocycles. The lowest BCUT2D eigenvalue weighted by atomic mass is 10.0. The Bertz CT molecular complexity index is 385. The lowest BCUT2D eigenvalue weighted by Gasteiger charge is -2.23. The fourth-order valence-electron chi connectivity index (χ4n) is 2.84. The van der Waals surface area contributed by atoms with Crippen molar-refractivity contribution in [3.05, 3.63) is 34.9 Å². The predicted octanol–water partition coefficient (Wildman–Crippen LogP) is 2.52. The van der Waals surface area contributed by atoms with Crippen LogP contribution in [0.25, 0.3) is 0 Å². The van der Waals surface area contributed by atoms with E-state index in [2.05, 4.69) is 56.4 Å². The number of benzene rings is 1. The molecule has 0 saturated carbocycles. The predicted molar refractivity (Wildman–Crippen MR) is 73.4 cm³/mol. The lowest BCUT2D eigenvalue weighted by Crippen LogP contribution is -2.37. The highest BCUT2D eigenvalue weighted by atomic mass is 15.1. The van der Waals surface area contributed by atoms with Gasteiger partial charge in [-0.25, -0.2) is 0 Å². The SMILES string of the molecule is Cc1ccc2c(c1)C(NC(C)CN(C)C)CC2. The van der Waals surface area contributed by atoms with Crippen LogP contribution in [0.2, 0.25) is 0 Å². The van der Waals surface area contributed by atoms with Crippen molar-refractivity contribution >= 4 is 0 Å². The van der Waals surface area contributed by atoms with Gasteiger partial charge in [-0.3, -0.25) is 0 Å². The second-order valence-electron chi connectivity index (χ2n) is 5.62. The third-order valence-corrected chi connectivity index (χ3v) is 3.50. The molecule has 0 fully saturated rings. The zero-order chi connectivity index (χ0) is 12.4. The van der Waals surface area contributed by atoms with E-state index < -0.39 is 0 Å². The molecule has 0 amide bonds. The number of hydrogen-bond donors (Lipinski definition) is 1. The zero-order valence-corrected chi connectivity index (χ0v) is 11.5. The standard InChI is InChI=1S/C15H24N2/c1-11-5-6-13-7-8-15(14(13)9-11)16-12(2)10-17(3)4/h5-6,9,12,15-16H,7-8,10H2,1-4H3. The molecule has 0 radical (unpaired) electrons. The van der Waals surface area contributed by atoms with E-state index in [1.54, 1.807) is 0 Å². The molecular formula is C15H24N2. The van der Waals surface area contributed by atoms with Crippen molar-refractivity contribution in [2.45, 2.75) is 38.8 Å². The average Bonchev–Trinajstić information content (AvgIpc) is 2.60. The van der Waals surface area contributed by atoms with E-state index in [9.17, 15) is 0 Å². The number of nitrogens with one attached hydrogen (secondary N) is 1. The van der Waals surface area contributed by atoms with Crippen molar-refractivity contribution in [3.8, 4) is 0 Å². The monoisotopic (exact) mass is 232 g/mol. The van der Waals surface area contributed by atoms with E-state index in [-0.39, 0.29) is 0 Å². The van der Waals surface area contributed by atoms with Gasteiger partial charge in [0, 0.05) is 18.6 Å². The van der Waals surface area contributed by atoms with Gasteiger partial charge in [0.15, 0.2) is 0 Å². The molecule has 0 saturated heterocycles. The molecule has 1 N–H and O–H groups in total. The first-order chi connectivity index (χ1) is 8.06. The van der Waals surface area contributed by atoms with Crippen molar-refractivity contribution in [2.75, 3.05) is 20.6 Å². The number of nitrogens with zero attached hydrogens (tertiary/aromatic N) is 1. The van der Waals surface area contributed by atoms with Gasteiger partial charge in [0.05, 0.1) is 0 Å². The fraction of sp³-hybridized carbons (Fsp3) is 0.600. The number of hydrogen-bond acceptors (Lipinski definition) is 2. The van der Waals surface area contributed by atoms with Gasteiger partial charge < -0.3 is 10.2 Å². The average molecular weight is 232 g/mol. The van der Waals surface area contributed by atoms with Crippen molar-refractivity contribution in [1.29, 1.82) is 0 Å². The van der Waals surface area contributed by atoms with E-state index >= 15 is 0 Å². The third kappa shape index (κ3) is 3.08. The van der Waals surface area contributed by atoms with Crippen LogP contribution in [0.4, 0.5) is 0 Å². The highest BCUT2D eigenvalue weighted by Crippen LogP contribution is 2.31. The van der Waals surface area contributed by atoms with Crippen LogP contribution < -0.4 is 5.32 Å². The normalized spacial score (nSPS) is 20.6. The minimum Gasteiger partial charge on any atom is -0.308 e. The molecule has 2 atom stereocenters. The van der Waals surface area contributed by atoms with Gasteiger partial charge in [0.1, 0.15) is 0 Å². The van der Waals surface area contributed by atoms with E-state index in [1.807, 2.05) is 0 Å². The van der Waals surface area contributed by atoms with Crippen LogP contribution in [0.15, 0.2) is 18.2 Å². The minimum absolute atomic E-state index is 0.543. The Balaban J connectivity index is 2.04. The molecule has 0 bridgehead atoms. The van der Waals surface area contributed by atoms with Crippen LogP contribution in [-0.2, 0) is 6.42 Å². The van der Waals surface area contributed by atoms with E-state index in [1.165, 1.54) is 29.5 Å². The van der Waals surface area contributed by atoms with Gasteiger partial charge in [-0.15, -0.1) is 0 Å². The number of aryl methyl sites for hydroxylation is 2. The van der Waals surface area contributed by atoms with E-state index in [4.69, 9.17) is 0 Å². The summed E-state index contributed by atoms with van der Waals surface area (Å²) in [5, 5.41) is 3.75. The summed E-state index contributed by atoms with van der Waals surface area (Å²) < 4.78 is 0. The van der Waals surface area contributed by atoms with Crippen LogP contribution in [0.3, 0.4) is 0 Å². The molecule has 0 heterocycles. The molecule has 2 unspecified atom stereocenters. The summed E-state index contributed by atoms with van der Waals surface area (Å²) >= 11 is 0. The third-order valence-electron chi connectivity index (χ3n) is 3.50.